The molecule has 27 heavy (non-hydrogen) atoms. The van der Waals surface area contributed by atoms with Crippen LogP contribution >= 0.6 is 0 Å². The number of benzene rings is 1. The summed E-state index contributed by atoms with van der Waals surface area (Å²) in [5, 5.41) is 2.81. The predicted molar refractivity (Wildman–Crippen MR) is 101 cm³/mol. The minimum absolute atomic E-state index is 0.117. The number of likely N-dealkylation sites (tertiary alicyclic amines) is 1. The monoisotopic (exact) mass is 369 g/mol. The fraction of sp³-hybridized carbons (Fsp3) is 0.571. The first-order valence-electron chi connectivity index (χ1n) is 9.96. The fourth-order valence-corrected chi connectivity index (χ4v) is 4.46. The van der Waals surface area contributed by atoms with Crippen molar-refractivity contribution in [2.24, 2.45) is 5.92 Å². The van der Waals surface area contributed by atoms with Crippen molar-refractivity contribution in [3.8, 4) is 0 Å². The molecule has 6 heteroatoms. The molecule has 2 atom stereocenters. The molecule has 1 aromatic rings. The van der Waals surface area contributed by atoms with Gasteiger partial charge >= 0.3 is 6.03 Å². The van der Waals surface area contributed by atoms with Crippen molar-refractivity contribution < 1.29 is 14.4 Å². The first-order chi connectivity index (χ1) is 13.0. The van der Waals surface area contributed by atoms with E-state index in [2.05, 4.69) is 17.4 Å². The van der Waals surface area contributed by atoms with Gasteiger partial charge in [0, 0.05) is 12.6 Å². The normalized spacial score (nSPS) is 28.0. The third kappa shape index (κ3) is 3.45. The molecule has 6 nitrogen and oxygen atoms in total. The van der Waals surface area contributed by atoms with Gasteiger partial charge < -0.3 is 10.2 Å². The Morgan fingerprint density at radius 1 is 1.19 bits per heavy atom. The van der Waals surface area contributed by atoms with Crippen LogP contribution in [0.3, 0.4) is 0 Å². The second-order valence-electron chi connectivity index (χ2n) is 8.21. The molecule has 2 unspecified atom stereocenters. The van der Waals surface area contributed by atoms with Gasteiger partial charge in [0.2, 0.25) is 5.91 Å². The first-order valence-corrected chi connectivity index (χ1v) is 9.96. The Morgan fingerprint density at radius 2 is 1.93 bits per heavy atom. The summed E-state index contributed by atoms with van der Waals surface area (Å²) in [6.07, 6.45) is 5.72. The average molecular weight is 369 g/mol. The molecule has 1 aromatic carbocycles. The number of nitrogens with zero attached hydrogens (tertiary/aromatic N) is 2. The topological polar surface area (TPSA) is 69.7 Å². The maximum Gasteiger partial charge on any atom is 0.325 e. The van der Waals surface area contributed by atoms with Crippen LogP contribution in [0, 0.1) is 5.92 Å². The van der Waals surface area contributed by atoms with Gasteiger partial charge in [-0.15, -0.1) is 0 Å². The van der Waals surface area contributed by atoms with Gasteiger partial charge in [0.15, 0.2) is 0 Å². The largest absolute Gasteiger partial charge is 0.338 e. The minimum Gasteiger partial charge on any atom is -0.338 e. The minimum atomic E-state index is -0.824. The zero-order chi connectivity index (χ0) is 19.0. The van der Waals surface area contributed by atoms with E-state index in [4.69, 9.17) is 0 Å². The molecule has 144 valence electrons. The fourth-order valence-electron chi connectivity index (χ4n) is 4.46. The molecule has 1 aliphatic carbocycles. The molecular formula is C21H27N3O3. The van der Waals surface area contributed by atoms with E-state index in [1.807, 2.05) is 23.1 Å². The van der Waals surface area contributed by atoms with Crippen molar-refractivity contribution in [3.63, 3.8) is 0 Å². The van der Waals surface area contributed by atoms with Crippen LogP contribution in [0.2, 0.25) is 0 Å². The van der Waals surface area contributed by atoms with Crippen LogP contribution < -0.4 is 5.32 Å². The van der Waals surface area contributed by atoms with E-state index in [0.717, 1.165) is 43.4 Å². The summed E-state index contributed by atoms with van der Waals surface area (Å²) in [4.78, 5) is 40.9. The summed E-state index contributed by atoms with van der Waals surface area (Å²) < 4.78 is 0. The maximum atomic E-state index is 12.9. The van der Waals surface area contributed by atoms with Crippen LogP contribution in [0.4, 0.5) is 4.79 Å². The summed E-state index contributed by atoms with van der Waals surface area (Å²) in [6.45, 7) is 2.35. The second-order valence-corrected chi connectivity index (χ2v) is 8.21. The van der Waals surface area contributed by atoms with Gasteiger partial charge in [0.1, 0.15) is 12.1 Å². The lowest BCUT2D eigenvalue weighted by Gasteiger charge is -2.27. The van der Waals surface area contributed by atoms with Crippen molar-refractivity contribution in [1.82, 2.24) is 15.1 Å². The molecule has 3 fully saturated rings. The quantitative estimate of drug-likeness (QED) is 0.783. The van der Waals surface area contributed by atoms with Gasteiger partial charge in [0.25, 0.3) is 5.91 Å². The zero-order valence-corrected chi connectivity index (χ0v) is 15.8. The summed E-state index contributed by atoms with van der Waals surface area (Å²) in [5.74, 6) is -0.156. The van der Waals surface area contributed by atoms with Gasteiger partial charge in [-0.2, -0.15) is 0 Å². The summed E-state index contributed by atoms with van der Waals surface area (Å²) in [5.41, 5.74) is 0.445. The van der Waals surface area contributed by atoms with Gasteiger partial charge in [-0.1, -0.05) is 30.3 Å². The van der Waals surface area contributed by atoms with E-state index in [1.54, 1.807) is 6.92 Å². The highest BCUT2D eigenvalue weighted by Crippen LogP contribution is 2.42. The SMILES string of the molecule is CC1(C2CC2)NC(=O)N(CC(=O)N2CCCC2CCc2ccccc2)C1=O. The number of imide groups is 1. The van der Waals surface area contributed by atoms with Crippen LogP contribution in [0.15, 0.2) is 30.3 Å². The lowest BCUT2D eigenvalue weighted by atomic mass is 9.96. The smallest absolute Gasteiger partial charge is 0.325 e. The van der Waals surface area contributed by atoms with Crippen molar-refractivity contribution in [2.45, 2.75) is 57.0 Å². The van der Waals surface area contributed by atoms with Crippen LogP contribution in [-0.4, -0.2) is 52.3 Å². The molecule has 0 radical (unpaired) electrons. The third-order valence-corrected chi connectivity index (χ3v) is 6.29. The van der Waals surface area contributed by atoms with E-state index >= 15 is 0 Å². The number of rotatable bonds is 6. The molecule has 3 aliphatic rings. The molecule has 2 saturated heterocycles. The number of amides is 4. The lowest BCUT2D eigenvalue weighted by Crippen LogP contribution is -2.48. The third-order valence-electron chi connectivity index (χ3n) is 6.29. The summed E-state index contributed by atoms with van der Waals surface area (Å²) >= 11 is 0. The molecule has 1 N–H and O–H groups in total. The molecule has 0 aromatic heterocycles. The van der Waals surface area contributed by atoms with Crippen LogP contribution in [0.25, 0.3) is 0 Å². The number of aryl methyl sites for hydroxylation is 1. The lowest BCUT2D eigenvalue weighted by molar-refractivity contribution is -0.139. The Morgan fingerprint density at radius 3 is 2.63 bits per heavy atom. The Kier molecular flexibility index (Phi) is 4.66. The summed E-state index contributed by atoms with van der Waals surface area (Å²) in [6, 6.07) is 10.0. The average Bonchev–Trinajstić information content (AvgIpc) is 3.38. The Hall–Kier alpha value is -2.37. The predicted octanol–water partition coefficient (Wildman–Crippen LogP) is 2.33. The molecule has 4 rings (SSSR count). The summed E-state index contributed by atoms with van der Waals surface area (Å²) in [7, 11) is 0. The number of nitrogens with one attached hydrogen (secondary N) is 1. The van der Waals surface area contributed by atoms with E-state index < -0.39 is 11.6 Å². The number of hydrogen-bond donors (Lipinski definition) is 1. The molecule has 2 heterocycles. The molecule has 1 saturated carbocycles. The van der Waals surface area contributed by atoms with Gasteiger partial charge in [0.05, 0.1) is 0 Å². The second kappa shape index (κ2) is 6.98. The van der Waals surface area contributed by atoms with Crippen molar-refractivity contribution in [1.29, 1.82) is 0 Å². The van der Waals surface area contributed by atoms with Crippen molar-refractivity contribution >= 4 is 17.8 Å². The number of carbonyl (C=O) groups excluding carboxylic acids is 3. The van der Waals surface area contributed by atoms with Crippen molar-refractivity contribution in [3.05, 3.63) is 35.9 Å². The first kappa shape index (κ1) is 18.0. The maximum absolute atomic E-state index is 12.9. The Bertz CT molecular complexity index is 746. The number of hydrogen-bond acceptors (Lipinski definition) is 3. The molecular weight excluding hydrogens is 342 g/mol. The number of carbonyl (C=O) groups is 3. The molecule has 2 aliphatic heterocycles. The Labute approximate surface area is 159 Å². The van der Waals surface area contributed by atoms with E-state index in [-0.39, 0.29) is 30.3 Å². The standard InChI is InChI=1S/C21H27N3O3/c1-21(16-10-11-16)19(26)24(20(27)22-21)14-18(25)23-13-5-8-17(23)12-9-15-6-3-2-4-7-15/h2-4,6-7,16-17H,5,8-14H2,1H3,(H,22,27). The highest BCUT2D eigenvalue weighted by Gasteiger charge is 2.56. The van der Waals surface area contributed by atoms with Gasteiger partial charge in [-0.05, 0) is 56.9 Å². The van der Waals surface area contributed by atoms with E-state index in [0.29, 0.717) is 6.54 Å². The van der Waals surface area contributed by atoms with Crippen LogP contribution in [-0.2, 0) is 16.0 Å². The van der Waals surface area contributed by atoms with Crippen LogP contribution in [0.5, 0.6) is 0 Å². The van der Waals surface area contributed by atoms with Gasteiger partial charge in [-0.25, -0.2) is 4.79 Å². The van der Waals surface area contributed by atoms with E-state index in [1.165, 1.54) is 5.56 Å². The highest BCUT2D eigenvalue weighted by molar-refractivity contribution is 6.09. The molecule has 0 bridgehead atoms. The van der Waals surface area contributed by atoms with Crippen LogP contribution in [0.1, 0.15) is 44.6 Å². The molecule has 0 spiro atoms. The highest BCUT2D eigenvalue weighted by atomic mass is 16.2. The van der Waals surface area contributed by atoms with Crippen molar-refractivity contribution in [2.75, 3.05) is 13.1 Å². The Balaban J connectivity index is 1.37. The van der Waals surface area contributed by atoms with Gasteiger partial charge in [-0.3, -0.25) is 14.5 Å². The molecule has 4 amide bonds. The van der Waals surface area contributed by atoms with E-state index in [9.17, 15) is 14.4 Å². The zero-order valence-electron chi connectivity index (χ0n) is 15.8. The number of urea groups is 1.